The van der Waals surface area contributed by atoms with E-state index in [2.05, 4.69) is 10.6 Å². The number of nitrogens with one attached hydrogen (secondary N) is 2. The molecule has 0 unspecified atom stereocenters. The number of carbonyl (C=O) groups is 3. The van der Waals surface area contributed by atoms with E-state index in [1.54, 1.807) is 24.3 Å². The van der Waals surface area contributed by atoms with Crippen LogP contribution in [0.2, 0.25) is 10.0 Å². The molecule has 3 amide bonds. The van der Waals surface area contributed by atoms with Gasteiger partial charge in [0.25, 0.3) is 5.91 Å². The molecule has 2 aromatic carbocycles. The lowest BCUT2D eigenvalue weighted by molar-refractivity contribution is -0.121. The van der Waals surface area contributed by atoms with Crippen LogP contribution in [0.15, 0.2) is 42.5 Å². The minimum atomic E-state index is -0.496. The lowest BCUT2D eigenvalue weighted by Crippen LogP contribution is -2.46. The summed E-state index contributed by atoms with van der Waals surface area (Å²) in [5, 5.41) is 5.82. The molecule has 0 atom stereocenters. The number of hydrogen-bond acceptors (Lipinski definition) is 3. The molecule has 2 N–H and O–H groups in total. The van der Waals surface area contributed by atoms with Gasteiger partial charge in [-0.3, -0.25) is 19.3 Å². The van der Waals surface area contributed by atoms with Crippen LogP contribution in [-0.2, 0) is 9.59 Å². The molecule has 1 aliphatic heterocycles. The Hall–Kier alpha value is -2.57. The maximum absolute atomic E-state index is 12.5. The van der Waals surface area contributed by atoms with Gasteiger partial charge in [0.05, 0.1) is 28.5 Å². The highest BCUT2D eigenvalue weighted by Crippen LogP contribution is 2.28. The summed E-state index contributed by atoms with van der Waals surface area (Å²) in [5.74, 6) is -1.19. The average molecular weight is 378 g/mol. The summed E-state index contributed by atoms with van der Waals surface area (Å²) >= 11 is 11.8. The fourth-order valence-corrected chi connectivity index (χ4v) is 2.97. The second-order valence-corrected chi connectivity index (χ2v) is 6.20. The Morgan fingerprint density at radius 2 is 1.92 bits per heavy atom. The van der Waals surface area contributed by atoms with Crippen molar-refractivity contribution in [3.05, 3.63) is 58.1 Å². The van der Waals surface area contributed by atoms with Gasteiger partial charge in [-0.1, -0.05) is 35.3 Å². The summed E-state index contributed by atoms with van der Waals surface area (Å²) in [6.45, 7) is -0.368. The van der Waals surface area contributed by atoms with Gasteiger partial charge in [0.15, 0.2) is 0 Å². The summed E-state index contributed by atoms with van der Waals surface area (Å²) in [5.41, 5.74) is 1.36. The van der Waals surface area contributed by atoms with Crippen molar-refractivity contribution in [2.75, 3.05) is 23.3 Å². The minimum Gasteiger partial charge on any atom is -0.343 e. The molecule has 25 heavy (non-hydrogen) atoms. The molecule has 0 fully saturated rings. The number of nitrogens with zero attached hydrogens (tertiary/aromatic N) is 1. The van der Waals surface area contributed by atoms with Crippen LogP contribution >= 0.6 is 23.2 Å². The molecular formula is C17H13Cl2N3O3. The Kier molecular flexibility index (Phi) is 4.92. The molecule has 0 bridgehead atoms. The first-order valence-corrected chi connectivity index (χ1v) is 8.14. The van der Waals surface area contributed by atoms with Crippen molar-refractivity contribution in [1.29, 1.82) is 0 Å². The zero-order valence-electron chi connectivity index (χ0n) is 12.9. The van der Waals surface area contributed by atoms with Gasteiger partial charge in [0.1, 0.15) is 6.54 Å². The van der Waals surface area contributed by atoms with Gasteiger partial charge in [-0.05, 0) is 30.3 Å². The largest absolute Gasteiger partial charge is 0.343 e. The smallest absolute Gasteiger partial charge is 0.253 e. The van der Waals surface area contributed by atoms with E-state index in [0.29, 0.717) is 16.4 Å². The molecular weight excluding hydrogens is 365 g/mol. The molecule has 0 aliphatic carbocycles. The maximum atomic E-state index is 12.5. The van der Waals surface area contributed by atoms with Gasteiger partial charge in [-0.15, -0.1) is 0 Å². The first-order chi connectivity index (χ1) is 12.0. The Morgan fingerprint density at radius 1 is 1.16 bits per heavy atom. The zero-order valence-corrected chi connectivity index (χ0v) is 14.4. The summed E-state index contributed by atoms with van der Waals surface area (Å²) in [4.78, 5) is 37.7. The average Bonchev–Trinajstić information content (AvgIpc) is 2.58. The molecule has 6 nitrogen and oxygen atoms in total. The van der Waals surface area contributed by atoms with Gasteiger partial charge >= 0.3 is 0 Å². The third-order valence-corrected chi connectivity index (χ3v) is 4.20. The third kappa shape index (κ3) is 3.75. The van der Waals surface area contributed by atoms with Crippen molar-refractivity contribution in [2.45, 2.75) is 0 Å². The number of carbonyl (C=O) groups excluding carboxylic acids is 3. The summed E-state index contributed by atoms with van der Waals surface area (Å²) in [7, 11) is 0. The quantitative estimate of drug-likeness (QED) is 0.862. The number of hydrogen-bond donors (Lipinski definition) is 2. The highest BCUT2D eigenvalue weighted by Gasteiger charge is 2.26. The monoisotopic (exact) mass is 377 g/mol. The number of halogens is 2. The third-order valence-electron chi connectivity index (χ3n) is 3.65. The Morgan fingerprint density at radius 3 is 2.68 bits per heavy atom. The van der Waals surface area contributed by atoms with Crippen LogP contribution < -0.4 is 15.5 Å². The lowest BCUT2D eigenvalue weighted by atomic mass is 10.2. The van der Waals surface area contributed by atoms with Crippen LogP contribution in [0.25, 0.3) is 0 Å². The van der Waals surface area contributed by atoms with E-state index in [0.717, 1.165) is 0 Å². The van der Waals surface area contributed by atoms with E-state index < -0.39 is 11.8 Å². The fourth-order valence-electron chi connectivity index (χ4n) is 2.48. The number of rotatable bonds is 3. The predicted molar refractivity (Wildman–Crippen MR) is 96.2 cm³/mol. The maximum Gasteiger partial charge on any atom is 0.253 e. The number of fused-ring (bicyclic) bond motifs is 1. The van der Waals surface area contributed by atoms with Crippen LogP contribution in [-0.4, -0.2) is 30.8 Å². The summed E-state index contributed by atoms with van der Waals surface area (Å²) < 4.78 is 0. The molecule has 0 radical (unpaired) electrons. The van der Waals surface area contributed by atoms with Crippen molar-refractivity contribution in [3.63, 3.8) is 0 Å². The van der Waals surface area contributed by atoms with Crippen LogP contribution in [0.4, 0.5) is 11.4 Å². The molecule has 0 saturated heterocycles. The first-order valence-electron chi connectivity index (χ1n) is 7.38. The van der Waals surface area contributed by atoms with Crippen LogP contribution in [0.1, 0.15) is 10.4 Å². The SMILES string of the molecule is O=C1CN(C(=O)CNC(=O)c2ccc(Cl)cc2Cl)c2ccccc2N1. The van der Waals surface area contributed by atoms with Crippen molar-refractivity contribution in [2.24, 2.45) is 0 Å². The second kappa shape index (κ2) is 7.13. The number of amides is 3. The highest BCUT2D eigenvalue weighted by atomic mass is 35.5. The molecule has 8 heteroatoms. The van der Waals surface area contributed by atoms with Gasteiger partial charge in [-0.25, -0.2) is 0 Å². The van der Waals surface area contributed by atoms with E-state index in [4.69, 9.17) is 23.2 Å². The predicted octanol–water partition coefficient (Wildman–Crippen LogP) is 2.71. The van der Waals surface area contributed by atoms with Gasteiger partial charge in [-0.2, -0.15) is 0 Å². The van der Waals surface area contributed by atoms with E-state index in [-0.39, 0.29) is 29.6 Å². The standard InChI is InChI=1S/C17H13Cl2N3O3/c18-10-5-6-11(12(19)7-10)17(25)20-8-16(24)22-9-15(23)21-13-3-1-2-4-14(13)22/h1-7H,8-9H2,(H,20,25)(H,21,23). The van der Waals surface area contributed by atoms with Crippen LogP contribution in [0.5, 0.6) is 0 Å². The van der Waals surface area contributed by atoms with E-state index >= 15 is 0 Å². The van der Waals surface area contributed by atoms with Crippen molar-refractivity contribution >= 4 is 52.3 Å². The Bertz CT molecular complexity index is 870. The molecule has 0 aromatic heterocycles. The van der Waals surface area contributed by atoms with Gasteiger partial charge in [0, 0.05) is 5.02 Å². The van der Waals surface area contributed by atoms with Crippen molar-refractivity contribution in [1.82, 2.24) is 5.32 Å². The molecule has 2 aromatic rings. The normalized spacial score (nSPS) is 13.0. The second-order valence-electron chi connectivity index (χ2n) is 5.35. The van der Waals surface area contributed by atoms with Crippen LogP contribution in [0, 0.1) is 0 Å². The van der Waals surface area contributed by atoms with E-state index in [9.17, 15) is 14.4 Å². The number of anilines is 2. The molecule has 0 saturated carbocycles. The summed E-state index contributed by atoms with van der Waals surface area (Å²) in [6, 6.07) is 11.4. The van der Waals surface area contributed by atoms with E-state index in [1.165, 1.54) is 23.1 Å². The van der Waals surface area contributed by atoms with E-state index in [1.807, 2.05) is 0 Å². The molecule has 1 heterocycles. The van der Waals surface area contributed by atoms with Gasteiger partial charge in [0.2, 0.25) is 11.8 Å². The number of benzene rings is 2. The fraction of sp³-hybridized carbons (Fsp3) is 0.118. The molecule has 3 rings (SSSR count). The topological polar surface area (TPSA) is 78.5 Å². The number of para-hydroxylation sites is 2. The van der Waals surface area contributed by atoms with Crippen molar-refractivity contribution in [3.8, 4) is 0 Å². The molecule has 1 aliphatic rings. The van der Waals surface area contributed by atoms with Gasteiger partial charge < -0.3 is 10.6 Å². The Balaban J connectivity index is 1.71. The zero-order chi connectivity index (χ0) is 18.0. The highest BCUT2D eigenvalue weighted by molar-refractivity contribution is 6.36. The lowest BCUT2D eigenvalue weighted by Gasteiger charge is -2.29. The molecule has 0 spiro atoms. The summed E-state index contributed by atoms with van der Waals surface area (Å²) in [6.07, 6.45) is 0. The first kappa shape index (κ1) is 17.3. The van der Waals surface area contributed by atoms with Crippen LogP contribution in [0.3, 0.4) is 0 Å². The van der Waals surface area contributed by atoms with Crippen molar-refractivity contribution < 1.29 is 14.4 Å². The Labute approximate surface area is 153 Å². The minimum absolute atomic E-state index is 0.104. The molecule has 128 valence electrons.